The number of carbonyl (C=O) groups excluding carboxylic acids is 2. The Kier molecular flexibility index (Phi) is 2.93. The topological polar surface area (TPSA) is 74.6 Å². The summed E-state index contributed by atoms with van der Waals surface area (Å²) in [7, 11) is 0. The summed E-state index contributed by atoms with van der Waals surface area (Å²) in [5.41, 5.74) is -2.24. The Bertz CT molecular complexity index is 637. The molecule has 4 heteroatoms. The maximum atomic E-state index is 12.4. The molecule has 2 N–H and O–H groups in total. The van der Waals surface area contributed by atoms with E-state index in [4.69, 9.17) is 0 Å². The molecular formula is C19H26O4. The second-order valence-electron chi connectivity index (χ2n) is 8.66. The van der Waals surface area contributed by atoms with E-state index in [1.165, 1.54) is 0 Å². The van der Waals surface area contributed by atoms with Crippen molar-refractivity contribution in [1.82, 2.24) is 0 Å². The number of carbonyl (C=O) groups is 2. The van der Waals surface area contributed by atoms with Crippen LogP contribution in [0.3, 0.4) is 0 Å². The first kappa shape index (κ1) is 15.5. The van der Waals surface area contributed by atoms with Crippen molar-refractivity contribution in [2.45, 2.75) is 76.4 Å². The van der Waals surface area contributed by atoms with Gasteiger partial charge in [-0.2, -0.15) is 0 Å². The zero-order valence-electron chi connectivity index (χ0n) is 14.0. The van der Waals surface area contributed by atoms with Crippen molar-refractivity contribution in [1.29, 1.82) is 0 Å². The fourth-order valence-corrected chi connectivity index (χ4v) is 6.26. The molecule has 5 atom stereocenters. The Morgan fingerprint density at radius 2 is 1.61 bits per heavy atom. The van der Waals surface area contributed by atoms with E-state index in [1.807, 2.05) is 6.92 Å². The molecule has 23 heavy (non-hydrogen) atoms. The quantitative estimate of drug-likeness (QED) is 0.719. The number of hydrogen-bond acceptors (Lipinski definition) is 4. The van der Waals surface area contributed by atoms with E-state index in [0.717, 1.165) is 12.0 Å². The van der Waals surface area contributed by atoms with Gasteiger partial charge in [0.15, 0.2) is 5.78 Å². The van der Waals surface area contributed by atoms with E-state index < -0.39 is 22.0 Å². The van der Waals surface area contributed by atoms with Crippen molar-refractivity contribution in [3.63, 3.8) is 0 Å². The molecule has 0 saturated heterocycles. The van der Waals surface area contributed by atoms with Crippen LogP contribution >= 0.6 is 0 Å². The van der Waals surface area contributed by atoms with Crippen molar-refractivity contribution in [3.05, 3.63) is 11.6 Å². The van der Waals surface area contributed by atoms with Gasteiger partial charge in [0.2, 0.25) is 0 Å². The fraction of sp³-hybridized carbons (Fsp3) is 0.789. The first-order valence-corrected chi connectivity index (χ1v) is 8.89. The van der Waals surface area contributed by atoms with Crippen LogP contribution in [0.1, 0.15) is 65.2 Å². The summed E-state index contributed by atoms with van der Waals surface area (Å²) >= 11 is 0. The van der Waals surface area contributed by atoms with E-state index in [-0.39, 0.29) is 17.5 Å². The SMILES string of the molecule is CC12CCC3(O)C(CCC4=CC(=O)CCC43C)C1(O)CCC2=O. The smallest absolute Gasteiger partial charge is 0.155 e. The van der Waals surface area contributed by atoms with E-state index in [2.05, 4.69) is 6.92 Å². The minimum Gasteiger partial charge on any atom is -0.389 e. The maximum Gasteiger partial charge on any atom is 0.155 e. The van der Waals surface area contributed by atoms with Crippen LogP contribution in [0.25, 0.3) is 0 Å². The molecule has 0 amide bonds. The van der Waals surface area contributed by atoms with Crippen LogP contribution in [-0.4, -0.2) is 33.0 Å². The molecular weight excluding hydrogens is 292 g/mol. The molecule has 4 rings (SSSR count). The van der Waals surface area contributed by atoms with Crippen LogP contribution in [0, 0.1) is 16.7 Å². The van der Waals surface area contributed by atoms with Crippen LogP contribution in [0.5, 0.6) is 0 Å². The summed E-state index contributed by atoms with van der Waals surface area (Å²) in [6.07, 6.45) is 6.17. The second kappa shape index (κ2) is 4.34. The molecule has 0 aromatic carbocycles. The van der Waals surface area contributed by atoms with E-state index in [0.29, 0.717) is 44.9 Å². The summed E-state index contributed by atoms with van der Waals surface area (Å²) in [6, 6.07) is 0. The monoisotopic (exact) mass is 318 g/mol. The highest BCUT2D eigenvalue weighted by atomic mass is 16.3. The van der Waals surface area contributed by atoms with Crippen molar-refractivity contribution in [2.24, 2.45) is 16.7 Å². The Hall–Kier alpha value is -1.00. The minimum atomic E-state index is -1.10. The predicted molar refractivity (Wildman–Crippen MR) is 84.6 cm³/mol. The van der Waals surface area contributed by atoms with Gasteiger partial charge < -0.3 is 10.2 Å². The summed E-state index contributed by atoms with van der Waals surface area (Å²) in [5.74, 6) is 0.0119. The van der Waals surface area contributed by atoms with Gasteiger partial charge in [-0.1, -0.05) is 12.5 Å². The molecule has 4 nitrogen and oxygen atoms in total. The highest BCUT2D eigenvalue weighted by molar-refractivity contribution is 5.92. The van der Waals surface area contributed by atoms with E-state index >= 15 is 0 Å². The lowest BCUT2D eigenvalue weighted by Crippen LogP contribution is -2.69. The molecule has 0 bridgehead atoms. The second-order valence-corrected chi connectivity index (χ2v) is 8.66. The van der Waals surface area contributed by atoms with Gasteiger partial charge in [-0.15, -0.1) is 0 Å². The average Bonchev–Trinajstić information content (AvgIpc) is 2.74. The lowest BCUT2D eigenvalue weighted by molar-refractivity contribution is -0.247. The number of fused-ring (bicyclic) bond motifs is 5. The minimum absolute atomic E-state index is 0.146. The van der Waals surface area contributed by atoms with Crippen molar-refractivity contribution in [2.75, 3.05) is 0 Å². The number of ketones is 2. The van der Waals surface area contributed by atoms with Crippen LogP contribution in [0.15, 0.2) is 11.6 Å². The number of Topliss-reactive ketones (excluding diaryl/α,β-unsaturated/α-hetero) is 1. The first-order chi connectivity index (χ1) is 10.7. The van der Waals surface area contributed by atoms with Crippen LogP contribution < -0.4 is 0 Å². The lowest BCUT2D eigenvalue weighted by Gasteiger charge is -2.64. The fourth-order valence-electron chi connectivity index (χ4n) is 6.26. The molecule has 4 aliphatic rings. The van der Waals surface area contributed by atoms with Crippen molar-refractivity contribution >= 4 is 11.6 Å². The molecule has 5 unspecified atom stereocenters. The molecule has 4 aliphatic carbocycles. The van der Waals surface area contributed by atoms with Gasteiger partial charge in [-0.25, -0.2) is 0 Å². The first-order valence-electron chi connectivity index (χ1n) is 8.89. The standard InChI is InChI=1S/C19H26O4/c1-16-7-5-13(20)11-12(16)3-4-14-18(22)8-6-15(21)17(18,2)9-10-19(14,16)23/h11,14,22-23H,3-10H2,1-2H3. The maximum absolute atomic E-state index is 12.4. The van der Waals surface area contributed by atoms with E-state index in [9.17, 15) is 19.8 Å². The number of aliphatic hydroxyl groups is 2. The summed E-state index contributed by atoms with van der Waals surface area (Å²) in [4.78, 5) is 24.2. The van der Waals surface area contributed by atoms with Gasteiger partial charge in [-0.05, 0) is 51.5 Å². The Labute approximate surface area is 137 Å². The predicted octanol–water partition coefficient (Wildman–Crippen LogP) is 2.32. The van der Waals surface area contributed by atoms with Gasteiger partial charge in [0.05, 0.1) is 16.6 Å². The largest absolute Gasteiger partial charge is 0.389 e. The van der Waals surface area contributed by atoms with Gasteiger partial charge in [0.25, 0.3) is 0 Å². The normalized spacial score (nSPS) is 52.5. The van der Waals surface area contributed by atoms with Gasteiger partial charge in [0.1, 0.15) is 5.78 Å². The van der Waals surface area contributed by atoms with Crippen LogP contribution in [0.4, 0.5) is 0 Å². The number of hydrogen-bond donors (Lipinski definition) is 2. The highest BCUT2D eigenvalue weighted by Gasteiger charge is 2.72. The molecule has 126 valence electrons. The van der Waals surface area contributed by atoms with Crippen molar-refractivity contribution < 1.29 is 19.8 Å². The molecule has 0 heterocycles. The molecule has 0 aromatic heterocycles. The van der Waals surface area contributed by atoms with Gasteiger partial charge in [0, 0.05) is 24.2 Å². The zero-order chi connectivity index (χ0) is 16.7. The van der Waals surface area contributed by atoms with Gasteiger partial charge in [-0.3, -0.25) is 9.59 Å². The molecule has 3 fully saturated rings. The van der Waals surface area contributed by atoms with Crippen LogP contribution in [-0.2, 0) is 9.59 Å². The third kappa shape index (κ3) is 1.59. The Morgan fingerprint density at radius 3 is 2.35 bits per heavy atom. The summed E-state index contributed by atoms with van der Waals surface area (Å²) in [5, 5.41) is 23.2. The molecule has 0 aromatic rings. The summed E-state index contributed by atoms with van der Waals surface area (Å²) < 4.78 is 0. The van der Waals surface area contributed by atoms with E-state index in [1.54, 1.807) is 6.08 Å². The molecule has 0 radical (unpaired) electrons. The summed E-state index contributed by atoms with van der Waals surface area (Å²) in [6.45, 7) is 3.94. The van der Waals surface area contributed by atoms with Crippen LogP contribution in [0.2, 0.25) is 0 Å². The van der Waals surface area contributed by atoms with Gasteiger partial charge >= 0.3 is 0 Å². The third-order valence-electron chi connectivity index (χ3n) is 8.04. The van der Waals surface area contributed by atoms with Crippen molar-refractivity contribution in [3.8, 4) is 0 Å². The average molecular weight is 318 g/mol. The molecule has 0 spiro atoms. The molecule has 3 saturated carbocycles. The third-order valence-corrected chi connectivity index (χ3v) is 8.04. The number of rotatable bonds is 0. The lowest BCUT2D eigenvalue weighted by atomic mass is 9.43. The Balaban J connectivity index is 1.83. The molecule has 0 aliphatic heterocycles. The zero-order valence-corrected chi connectivity index (χ0v) is 14.0. The Morgan fingerprint density at radius 1 is 0.913 bits per heavy atom. The highest BCUT2D eigenvalue weighted by Crippen LogP contribution is 2.67.